The molecule has 2 aromatic rings. The van der Waals surface area contributed by atoms with Crippen LogP contribution in [0.3, 0.4) is 0 Å². The second-order valence-corrected chi connectivity index (χ2v) is 5.03. The molecule has 0 fully saturated rings. The maximum absolute atomic E-state index is 12.3. The molecule has 23 heavy (non-hydrogen) atoms. The van der Waals surface area contributed by atoms with E-state index in [-0.39, 0.29) is 5.56 Å². The van der Waals surface area contributed by atoms with E-state index in [1.807, 2.05) is 0 Å². The second-order valence-electron chi connectivity index (χ2n) is 4.62. The molecule has 0 aliphatic rings. The fraction of sp³-hybridized carbons (Fsp3) is 0.118. The van der Waals surface area contributed by atoms with Gasteiger partial charge >= 0.3 is 0 Å². The number of nitrogens with zero attached hydrogens (tertiary/aromatic N) is 1. The normalized spacial score (nSPS) is 11.2. The van der Waals surface area contributed by atoms with Gasteiger partial charge in [0.25, 0.3) is 0 Å². The van der Waals surface area contributed by atoms with Crippen LogP contribution in [0.15, 0.2) is 48.5 Å². The first-order valence-electron chi connectivity index (χ1n) is 6.70. The molecule has 0 aromatic heterocycles. The Morgan fingerprint density at radius 3 is 2.39 bits per heavy atom. The zero-order valence-corrected chi connectivity index (χ0v) is 13.0. The van der Waals surface area contributed by atoms with Crippen LogP contribution in [-0.2, 0) is 4.79 Å². The summed E-state index contributed by atoms with van der Waals surface area (Å²) in [6, 6.07) is 14.5. The predicted octanol–water partition coefficient (Wildman–Crippen LogP) is 3.31. The summed E-state index contributed by atoms with van der Waals surface area (Å²) in [7, 11) is 1.51. The Labute approximate surface area is 138 Å². The summed E-state index contributed by atoms with van der Waals surface area (Å²) < 4.78 is 5.01. The van der Waals surface area contributed by atoms with Gasteiger partial charge in [0.2, 0.25) is 5.91 Å². The zero-order valence-electron chi connectivity index (χ0n) is 12.2. The van der Waals surface area contributed by atoms with E-state index in [0.29, 0.717) is 16.5 Å². The van der Waals surface area contributed by atoms with E-state index in [9.17, 15) is 14.9 Å². The number of carbonyl (C=O) groups excluding carboxylic acids is 2. The first kappa shape index (κ1) is 16.5. The number of carbonyl (C=O) groups is 2. The van der Waals surface area contributed by atoms with Crippen LogP contribution in [0.2, 0.25) is 5.02 Å². The molecule has 0 aliphatic carbocycles. The Bertz CT molecular complexity index is 766. The lowest BCUT2D eigenvalue weighted by Crippen LogP contribution is -2.28. The Morgan fingerprint density at radius 1 is 1.17 bits per heavy atom. The molecule has 0 spiro atoms. The number of hydrogen-bond acceptors (Lipinski definition) is 4. The molecule has 0 aliphatic heterocycles. The van der Waals surface area contributed by atoms with Crippen LogP contribution in [0.25, 0.3) is 0 Å². The lowest BCUT2D eigenvalue weighted by molar-refractivity contribution is -0.117. The topological polar surface area (TPSA) is 79.2 Å². The summed E-state index contributed by atoms with van der Waals surface area (Å²) in [6.07, 6.45) is 0. The van der Waals surface area contributed by atoms with Crippen LogP contribution in [0.1, 0.15) is 10.4 Å². The molecular weight excluding hydrogens is 316 g/mol. The van der Waals surface area contributed by atoms with Crippen molar-refractivity contribution in [1.82, 2.24) is 0 Å². The molecule has 5 nitrogen and oxygen atoms in total. The average Bonchev–Trinajstić information content (AvgIpc) is 2.57. The van der Waals surface area contributed by atoms with Crippen molar-refractivity contribution in [2.24, 2.45) is 5.92 Å². The van der Waals surface area contributed by atoms with Gasteiger partial charge < -0.3 is 10.1 Å². The standard InChI is InChI=1S/C17H13ClN2O3/c1-23-12-8-6-11(7-9-12)16(21)13(10-19)17(22)20-15-5-3-2-4-14(15)18/h2-9,13H,1H3,(H,20,22). The van der Waals surface area contributed by atoms with Gasteiger partial charge in [0, 0.05) is 5.56 Å². The summed E-state index contributed by atoms with van der Waals surface area (Å²) in [6.45, 7) is 0. The maximum Gasteiger partial charge on any atom is 0.249 e. The Kier molecular flexibility index (Phi) is 5.34. The van der Waals surface area contributed by atoms with Crippen molar-refractivity contribution in [1.29, 1.82) is 5.26 Å². The summed E-state index contributed by atoms with van der Waals surface area (Å²) in [5.74, 6) is -2.18. The zero-order chi connectivity index (χ0) is 16.8. The van der Waals surface area contributed by atoms with Crippen LogP contribution in [-0.4, -0.2) is 18.8 Å². The molecule has 116 valence electrons. The predicted molar refractivity (Wildman–Crippen MR) is 86.5 cm³/mol. The van der Waals surface area contributed by atoms with E-state index < -0.39 is 17.6 Å². The highest BCUT2D eigenvalue weighted by molar-refractivity contribution is 6.34. The lowest BCUT2D eigenvalue weighted by atomic mass is 9.98. The van der Waals surface area contributed by atoms with Crippen LogP contribution in [0, 0.1) is 17.2 Å². The molecule has 2 aromatic carbocycles. The molecule has 0 saturated carbocycles. The van der Waals surface area contributed by atoms with Crippen molar-refractivity contribution in [3.8, 4) is 11.8 Å². The number of para-hydroxylation sites is 1. The van der Waals surface area contributed by atoms with Gasteiger partial charge in [-0.1, -0.05) is 23.7 Å². The van der Waals surface area contributed by atoms with Crippen LogP contribution in [0.4, 0.5) is 5.69 Å². The number of anilines is 1. The third-order valence-corrected chi connectivity index (χ3v) is 3.49. The van der Waals surface area contributed by atoms with Crippen LogP contribution >= 0.6 is 11.6 Å². The number of nitriles is 1. The number of Topliss-reactive ketones (excluding diaryl/α,β-unsaturated/α-hetero) is 1. The van der Waals surface area contributed by atoms with Crippen LogP contribution < -0.4 is 10.1 Å². The highest BCUT2D eigenvalue weighted by atomic mass is 35.5. The number of halogens is 1. The summed E-state index contributed by atoms with van der Waals surface area (Å²) >= 11 is 5.95. The summed E-state index contributed by atoms with van der Waals surface area (Å²) in [4.78, 5) is 24.5. The minimum Gasteiger partial charge on any atom is -0.497 e. The second kappa shape index (κ2) is 7.43. The average molecular weight is 329 g/mol. The summed E-state index contributed by atoms with van der Waals surface area (Å²) in [5.41, 5.74) is 0.605. The number of ether oxygens (including phenoxy) is 1. The molecule has 1 atom stereocenters. The number of benzene rings is 2. The van der Waals surface area contributed by atoms with Gasteiger partial charge in [-0.3, -0.25) is 9.59 Å². The quantitative estimate of drug-likeness (QED) is 0.674. The van der Waals surface area contributed by atoms with Crippen molar-refractivity contribution in [2.45, 2.75) is 0 Å². The van der Waals surface area contributed by atoms with Crippen LogP contribution in [0.5, 0.6) is 5.75 Å². The fourth-order valence-corrected chi connectivity index (χ4v) is 2.11. The van der Waals surface area contributed by atoms with Crippen molar-refractivity contribution in [3.05, 3.63) is 59.1 Å². The van der Waals surface area contributed by atoms with E-state index >= 15 is 0 Å². The monoisotopic (exact) mass is 328 g/mol. The molecule has 0 saturated heterocycles. The van der Waals surface area contributed by atoms with E-state index in [0.717, 1.165) is 0 Å². The molecule has 0 heterocycles. The van der Waals surface area contributed by atoms with E-state index in [1.54, 1.807) is 42.5 Å². The maximum atomic E-state index is 12.3. The highest BCUT2D eigenvalue weighted by Crippen LogP contribution is 2.22. The Balaban J connectivity index is 2.18. The molecule has 6 heteroatoms. The van der Waals surface area contributed by atoms with Crippen molar-refractivity contribution in [2.75, 3.05) is 12.4 Å². The van der Waals surface area contributed by atoms with Gasteiger partial charge in [0.15, 0.2) is 11.7 Å². The highest BCUT2D eigenvalue weighted by Gasteiger charge is 2.28. The van der Waals surface area contributed by atoms with Gasteiger partial charge in [-0.05, 0) is 36.4 Å². The Morgan fingerprint density at radius 2 is 1.83 bits per heavy atom. The number of rotatable bonds is 5. The summed E-state index contributed by atoms with van der Waals surface area (Å²) in [5, 5.41) is 12.0. The number of nitrogens with one attached hydrogen (secondary N) is 1. The van der Waals surface area contributed by atoms with Gasteiger partial charge in [-0.15, -0.1) is 0 Å². The van der Waals surface area contributed by atoms with E-state index in [1.165, 1.54) is 19.2 Å². The molecule has 1 N–H and O–H groups in total. The number of ketones is 1. The molecule has 1 amide bonds. The molecule has 0 radical (unpaired) electrons. The number of methoxy groups -OCH3 is 1. The smallest absolute Gasteiger partial charge is 0.249 e. The van der Waals surface area contributed by atoms with Gasteiger partial charge in [0.1, 0.15) is 5.75 Å². The lowest BCUT2D eigenvalue weighted by Gasteiger charge is -2.11. The minimum absolute atomic E-state index is 0.256. The van der Waals surface area contributed by atoms with Crippen molar-refractivity contribution >= 4 is 29.0 Å². The third kappa shape index (κ3) is 3.87. The van der Waals surface area contributed by atoms with Gasteiger partial charge in [0.05, 0.1) is 23.9 Å². The van der Waals surface area contributed by atoms with Gasteiger partial charge in [-0.25, -0.2) is 0 Å². The molecule has 2 rings (SSSR count). The largest absolute Gasteiger partial charge is 0.497 e. The third-order valence-electron chi connectivity index (χ3n) is 3.16. The first-order chi connectivity index (χ1) is 11.1. The molecule has 0 bridgehead atoms. The van der Waals surface area contributed by atoms with E-state index in [2.05, 4.69) is 5.32 Å². The Hall–Kier alpha value is -2.84. The number of amides is 1. The van der Waals surface area contributed by atoms with E-state index in [4.69, 9.17) is 16.3 Å². The SMILES string of the molecule is COc1ccc(C(=O)C(C#N)C(=O)Nc2ccccc2Cl)cc1. The molecular formula is C17H13ClN2O3. The van der Waals surface area contributed by atoms with Gasteiger partial charge in [-0.2, -0.15) is 5.26 Å². The first-order valence-corrected chi connectivity index (χ1v) is 7.08. The fourth-order valence-electron chi connectivity index (χ4n) is 1.93. The minimum atomic E-state index is -1.46. The molecule has 1 unspecified atom stereocenters. The number of hydrogen-bond donors (Lipinski definition) is 1. The van der Waals surface area contributed by atoms with Crippen molar-refractivity contribution in [3.63, 3.8) is 0 Å². The van der Waals surface area contributed by atoms with Crippen molar-refractivity contribution < 1.29 is 14.3 Å².